The van der Waals surface area contributed by atoms with Crippen LogP contribution in [0.5, 0.6) is 0 Å². The van der Waals surface area contributed by atoms with Gasteiger partial charge in [0.1, 0.15) is 0 Å². The van der Waals surface area contributed by atoms with E-state index in [-0.39, 0.29) is 5.91 Å². The van der Waals surface area contributed by atoms with Crippen LogP contribution in [-0.4, -0.2) is 18.5 Å². The third-order valence-electron chi connectivity index (χ3n) is 3.22. The topological polar surface area (TPSA) is 41.1 Å². The second kappa shape index (κ2) is 6.71. The molecule has 3 heteroatoms. The Kier molecular flexibility index (Phi) is 4.97. The van der Waals surface area contributed by atoms with Gasteiger partial charge in [-0.3, -0.25) is 4.79 Å². The molecule has 0 aromatic heterocycles. The Morgan fingerprint density at radius 3 is 2.42 bits per heavy atom. The molecule has 2 rings (SSSR count). The highest BCUT2D eigenvalue weighted by atomic mass is 16.2. The standard InChI is InChI=1S/C16H24N2O/c1-12(2)9-13-3-5-14(6-4-13)10-17-11-16(19)18-15-7-8-15/h3-6,12,15,17H,7-11H2,1-2H3,(H,18,19). The molecular weight excluding hydrogens is 236 g/mol. The summed E-state index contributed by atoms with van der Waals surface area (Å²) in [4.78, 5) is 11.5. The second-order valence-electron chi connectivity index (χ2n) is 5.86. The zero-order valence-electron chi connectivity index (χ0n) is 11.9. The van der Waals surface area contributed by atoms with Crippen LogP contribution >= 0.6 is 0 Å². The highest BCUT2D eigenvalue weighted by molar-refractivity contribution is 5.78. The molecule has 1 aromatic rings. The summed E-state index contributed by atoms with van der Waals surface area (Å²) in [5, 5.41) is 6.15. The summed E-state index contributed by atoms with van der Waals surface area (Å²) in [5.74, 6) is 0.800. The molecule has 1 saturated carbocycles. The minimum atomic E-state index is 0.110. The fraction of sp³-hybridized carbons (Fsp3) is 0.562. The lowest BCUT2D eigenvalue weighted by Gasteiger charge is -2.08. The third kappa shape index (κ3) is 5.43. The first-order valence-electron chi connectivity index (χ1n) is 7.21. The van der Waals surface area contributed by atoms with E-state index in [2.05, 4.69) is 48.7 Å². The normalized spacial score (nSPS) is 14.7. The van der Waals surface area contributed by atoms with Gasteiger partial charge in [0.05, 0.1) is 6.54 Å². The number of amides is 1. The van der Waals surface area contributed by atoms with Crippen LogP contribution in [0.3, 0.4) is 0 Å². The zero-order valence-corrected chi connectivity index (χ0v) is 11.9. The minimum Gasteiger partial charge on any atom is -0.352 e. The fourth-order valence-corrected chi connectivity index (χ4v) is 2.09. The molecule has 1 amide bonds. The molecule has 104 valence electrons. The zero-order chi connectivity index (χ0) is 13.7. The van der Waals surface area contributed by atoms with E-state index < -0.39 is 0 Å². The van der Waals surface area contributed by atoms with E-state index in [1.807, 2.05) is 0 Å². The van der Waals surface area contributed by atoms with Gasteiger partial charge in [-0.2, -0.15) is 0 Å². The Morgan fingerprint density at radius 2 is 1.84 bits per heavy atom. The maximum atomic E-state index is 11.5. The van der Waals surface area contributed by atoms with E-state index >= 15 is 0 Å². The van der Waals surface area contributed by atoms with E-state index in [1.165, 1.54) is 11.1 Å². The molecule has 0 aliphatic heterocycles. The lowest BCUT2D eigenvalue weighted by Crippen LogP contribution is -2.34. The molecule has 0 atom stereocenters. The van der Waals surface area contributed by atoms with Crippen molar-refractivity contribution in [2.75, 3.05) is 6.54 Å². The Labute approximate surface area is 115 Å². The van der Waals surface area contributed by atoms with E-state index in [4.69, 9.17) is 0 Å². The maximum absolute atomic E-state index is 11.5. The summed E-state index contributed by atoms with van der Waals surface area (Å²) in [6.45, 7) is 5.62. The smallest absolute Gasteiger partial charge is 0.234 e. The van der Waals surface area contributed by atoms with Crippen LogP contribution < -0.4 is 10.6 Å². The first-order valence-corrected chi connectivity index (χ1v) is 7.21. The number of nitrogens with one attached hydrogen (secondary N) is 2. The van der Waals surface area contributed by atoms with Gasteiger partial charge < -0.3 is 10.6 Å². The molecule has 2 N–H and O–H groups in total. The molecule has 0 unspecified atom stereocenters. The molecule has 1 aliphatic rings. The van der Waals surface area contributed by atoms with Gasteiger partial charge in [0.25, 0.3) is 0 Å². The summed E-state index contributed by atoms with van der Waals surface area (Å²) >= 11 is 0. The summed E-state index contributed by atoms with van der Waals surface area (Å²) in [6, 6.07) is 9.10. The van der Waals surface area contributed by atoms with Crippen molar-refractivity contribution in [1.82, 2.24) is 10.6 Å². The average Bonchev–Trinajstić information content (AvgIpc) is 3.14. The van der Waals surface area contributed by atoms with Crippen molar-refractivity contribution in [3.05, 3.63) is 35.4 Å². The monoisotopic (exact) mass is 260 g/mol. The SMILES string of the molecule is CC(C)Cc1ccc(CNCC(=O)NC2CC2)cc1. The first kappa shape index (κ1) is 14.1. The summed E-state index contributed by atoms with van der Waals surface area (Å²) < 4.78 is 0. The van der Waals surface area contributed by atoms with E-state index in [9.17, 15) is 4.79 Å². The van der Waals surface area contributed by atoms with Crippen LogP contribution in [0.1, 0.15) is 37.8 Å². The molecule has 1 aromatic carbocycles. The Balaban J connectivity index is 1.68. The van der Waals surface area contributed by atoms with Gasteiger partial charge in [-0.1, -0.05) is 38.1 Å². The van der Waals surface area contributed by atoms with Crippen LogP contribution in [0.15, 0.2) is 24.3 Å². The first-order chi connectivity index (χ1) is 9.13. The van der Waals surface area contributed by atoms with Gasteiger partial charge in [-0.15, -0.1) is 0 Å². The van der Waals surface area contributed by atoms with Crippen molar-refractivity contribution >= 4 is 5.91 Å². The van der Waals surface area contributed by atoms with Gasteiger partial charge in [0.2, 0.25) is 5.91 Å². The largest absolute Gasteiger partial charge is 0.352 e. The quantitative estimate of drug-likeness (QED) is 0.789. The molecule has 3 nitrogen and oxygen atoms in total. The lowest BCUT2D eigenvalue weighted by molar-refractivity contribution is -0.120. The second-order valence-corrected chi connectivity index (χ2v) is 5.86. The number of benzene rings is 1. The number of hydrogen-bond donors (Lipinski definition) is 2. The van der Waals surface area contributed by atoms with Gasteiger partial charge in [0, 0.05) is 12.6 Å². The summed E-state index contributed by atoms with van der Waals surface area (Å²) in [5.41, 5.74) is 2.61. The third-order valence-corrected chi connectivity index (χ3v) is 3.22. The predicted octanol–water partition coefficient (Wildman–Crippen LogP) is 2.25. The Morgan fingerprint density at radius 1 is 1.21 bits per heavy atom. The maximum Gasteiger partial charge on any atom is 0.234 e. The van der Waals surface area contributed by atoms with Crippen molar-refractivity contribution in [3.63, 3.8) is 0 Å². The number of rotatable bonds is 7. The lowest BCUT2D eigenvalue weighted by atomic mass is 10.0. The van der Waals surface area contributed by atoms with Crippen molar-refractivity contribution in [2.24, 2.45) is 5.92 Å². The number of carbonyl (C=O) groups excluding carboxylic acids is 1. The van der Waals surface area contributed by atoms with Crippen LogP contribution in [0.25, 0.3) is 0 Å². The van der Waals surface area contributed by atoms with Gasteiger partial charge in [0.15, 0.2) is 0 Å². The van der Waals surface area contributed by atoms with Crippen molar-refractivity contribution in [2.45, 2.75) is 45.7 Å². The number of carbonyl (C=O) groups is 1. The molecule has 0 radical (unpaired) electrons. The molecule has 0 bridgehead atoms. The molecule has 19 heavy (non-hydrogen) atoms. The highest BCUT2D eigenvalue weighted by Crippen LogP contribution is 2.18. The molecule has 0 spiro atoms. The van der Waals surface area contributed by atoms with Crippen LogP contribution in [0, 0.1) is 5.92 Å². The molecular formula is C16H24N2O. The van der Waals surface area contributed by atoms with Crippen LogP contribution in [0.2, 0.25) is 0 Å². The minimum absolute atomic E-state index is 0.110. The van der Waals surface area contributed by atoms with E-state index in [1.54, 1.807) is 0 Å². The Bertz CT molecular complexity index is 407. The Hall–Kier alpha value is -1.35. The van der Waals surface area contributed by atoms with E-state index in [0.29, 0.717) is 18.5 Å². The number of hydrogen-bond acceptors (Lipinski definition) is 2. The predicted molar refractivity (Wildman–Crippen MR) is 77.9 cm³/mol. The van der Waals surface area contributed by atoms with Crippen LogP contribution in [0.4, 0.5) is 0 Å². The molecule has 0 saturated heterocycles. The molecule has 0 heterocycles. The van der Waals surface area contributed by atoms with Gasteiger partial charge in [-0.25, -0.2) is 0 Å². The van der Waals surface area contributed by atoms with Crippen molar-refractivity contribution in [1.29, 1.82) is 0 Å². The summed E-state index contributed by atoms with van der Waals surface area (Å²) in [6.07, 6.45) is 3.41. The highest BCUT2D eigenvalue weighted by Gasteiger charge is 2.22. The van der Waals surface area contributed by atoms with Gasteiger partial charge >= 0.3 is 0 Å². The fourth-order valence-electron chi connectivity index (χ4n) is 2.09. The summed E-state index contributed by atoms with van der Waals surface area (Å²) in [7, 11) is 0. The van der Waals surface area contributed by atoms with Gasteiger partial charge in [-0.05, 0) is 36.3 Å². The van der Waals surface area contributed by atoms with Crippen molar-refractivity contribution in [3.8, 4) is 0 Å². The van der Waals surface area contributed by atoms with Crippen molar-refractivity contribution < 1.29 is 4.79 Å². The van der Waals surface area contributed by atoms with Crippen LogP contribution in [-0.2, 0) is 17.8 Å². The molecule has 1 fully saturated rings. The average molecular weight is 260 g/mol. The molecule has 1 aliphatic carbocycles. The van der Waals surface area contributed by atoms with E-state index in [0.717, 1.165) is 25.8 Å².